The van der Waals surface area contributed by atoms with E-state index >= 15 is 0 Å². The molecule has 3 rings (SSSR count). The van der Waals surface area contributed by atoms with Crippen LogP contribution in [-0.2, 0) is 11.8 Å². The number of nitrogens with zero attached hydrogens (tertiary/aromatic N) is 3. The second kappa shape index (κ2) is 7.97. The van der Waals surface area contributed by atoms with Crippen molar-refractivity contribution in [2.45, 2.75) is 31.3 Å². The largest absolute Gasteiger partial charge is 0.338 e. The number of hydrogen-bond acceptors (Lipinski definition) is 3. The number of aryl methyl sites for hydroxylation is 1. The fraction of sp³-hybridized carbons (Fsp3) is 0.444. The van der Waals surface area contributed by atoms with Gasteiger partial charge in [-0.15, -0.1) is 12.4 Å². The third-order valence-electron chi connectivity index (χ3n) is 4.79. The van der Waals surface area contributed by atoms with Crippen molar-refractivity contribution < 1.29 is 9.18 Å². The molecular weight excluding hydrogens is 343 g/mol. The fourth-order valence-electron chi connectivity index (χ4n) is 3.50. The molecule has 3 atom stereocenters. The van der Waals surface area contributed by atoms with Crippen molar-refractivity contribution in [2.24, 2.45) is 7.05 Å². The molecule has 5 nitrogen and oxygen atoms in total. The van der Waals surface area contributed by atoms with Gasteiger partial charge in [0.1, 0.15) is 11.9 Å². The van der Waals surface area contributed by atoms with Crippen molar-refractivity contribution >= 4 is 18.3 Å². The maximum absolute atomic E-state index is 13.1. The van der Waals surface area contributed by atoms with Gasteiger partial charge < -0.3 is 10.2 Å². The molecular formula is C18H24ClFN4O. The van der Waals surface area contributed by atoms with Crippen molar-refractivity contribution in [1.29, 1.82) is 0 Å². The minimum absolute atomic E-state index is 0. The molecule has 1 aromatic carbocycles. The number of carbonyl (C=O) groups is 1. The number of amides is 1. The lowest BCUT2D eigenvalue weighted by molar-refractivity contribution is -0.134. The van der Waals surface area contributed by atoms with Crippen LogP contribution >= 0.6 is 12.4 Å². The lowest BCUT2D eigenvalue weighted by Gasteiger charge is -2.26. The van der Waals surface area contributed by atoms with Crippen molar-refractivity contribution in [3.8, 4) is 0 Å². The van der Waals surface area contributed by atoms with E-state index in [2.05, 4.69) is 17.3 Å². The first-order valence-electron chi connectivity index (χ1n) is 8.21. The molecule has 1 amide bonds. The van der Waals surface area contributed by atoms with Crippen LogP contribution in [-0.4, -0.2) is 40.2 Å². The summed E-state index contributed by atoms with van der Waals surface area (Å²) < 4.78 is 14.8. The zero-order valence-electron chi connectivity index (χ0n) is 14.6. The van der Waals surface area contributed by atoms with Gasteiger partial charge in [0, 0.05) is 37.3 Å². The summed E-state index contributed by atoms with van der Waals surface area (Å²) in [7, 11) is 3.62. The molecule has 3 unspecified atom stereocenters. The molecule has 2 aromatic rings. The van der Waals surface area contributed by atoms with E-state index in [1.165, 1.54) is 12.1 Å². The summed E-state index contributed by atoms with van der Waals surface area (Å²) in [6.07, 6.45) is 4.47. The van der Waals surface area contributed by atoms with Gasteiger partial charge in [-0.1, -0.05) is 12.1 Å². The number of hydrogen-bond donors (Lipinski definition) is 1. The molecule has 0 aliphatic carbocycles. The van der Waals surface area contributed by atoms with E-state index in [0.717, 1.165) is 17.5 Å². The van der Waals surface area contributed by atoms with E-state index in [1.807, 2.05) is 30.3 Å². The van der Waals surface area contributed by atoms with Gasteiger partial charge in [0.25, 0.3) is 0 Å². The summed E-state index contributed by atoms with van der Waals surface area (Å²) in [6, 6.07) is 6.36. The smallest absolute Gasteiger partial charge is 0.244 e. The van der Waals surface area contributed by atoms with Crippen LogP contribution in [0.25, 0.3) is 0 Å². The predicted octanol–water partition coefficient (Wildman–Crippen LogP) is 2.65. The monoisotopic (exact) mass is 366 g/mol. The Labute approximate surface area is 153 Å². The SMILES string of the molecule is CNC(C(=O)N1CC(c2ccc(F)cc2)CC1C)c1cnn(C)c1.Cl. The predicted molar refractivity (Wildman–Crippen MR) is 97.2 cm³/mol. The molecule has 7 heteroatoms. The van der Waals surface area contributed by atoms with Crippen molar-refractivity contribution in [2.75, 3.05) is 13.6 Å². The number of carbonyl (C=O) groups excluding carboxylic acids is 1. The van der Waals surface area contributed by atoms with E-state index < -0.39 is 6.04 Å². The number of likely N-dealkylation sites (N-methyl/N-ethyl adjacent to an activating group) is 1. The molecule has 1 aromatic heterocycles. The third-order valence-corrected chi connectivity index (χ3v) is 4.79. The quantitative estimate of drug-likeness (QED) is 0.905. The first-order valence-corrected chi connectivity index (χ1v) is 8.21. The Morgan fingerprint density at radius 2 is 2.04 bits per heavy atom. The maximum Gasteiger partial charge on any atom is 0.244 e. The Morgan fingerprint density at radius 1 is 1.36 bits per heavy atom. The highest BCUT2D eigenvalue weighted by molar-refractivity contribution is 5.85. The normalized spacial score (nSPS) is 21.0. The molecule has 0 spiro atoms. The van der Waals surface area contributed by atoms with Crippen LogP contribution in [0.2, 0.25) is 0 Å². The number of rotatable bonds is 4. The minimum Gasteiger partial charge on any atom is -0.338 e. The number of benzene rings is 1. The van der Waals surface area contributed by atoms with Gasteiger partial charge >= 0.3 is 0 Å². The van der Waals surface area contributed by atoms with Gasteiger partial charge in [0.15, 0.2) is 0 Å². The summed E-state index contributed by atoms with van der Waals surface area (Å²) in [5.74, 6) is 0.0723. The molecule has 25 heavy (non-hydrogen) atoms. The second-order valence-electron chi connectivity index (χ2n) is 6.49. The molecule has 1 aliphatic heterocycles. The lowest BCUT2D eigenvalue weighted by atomic mass is 9.97. The first kappa shape index (κ1) is 19.4. The van der Waals surface area contributed by atoms with Crippen LogP contribution in [0.1, 0.15) is 36.4 Å². The van der Waals surface area contributed by atoms with Gasteiger partial charge in [-0.2, -0.15) is 5.10 Å². The van der Waals surface area contributed by atoms with Crippen LogP contribution in [0.4, 0.5) is 4.39 Å². The van der Waals surface area contributed by atoms with Crippen LogP contribution in [0.15, 0.2) is 36.7 Å². The molecule has 0 radical (unpaired) electrons. The van der Waals surface area contributed by atoms with Crippen LogP contribution in [0, 0.1) is 5.82 Å². The first-order chi connectivity index (χ1) is 11.5. The van der Waals surface area contributed by atoms with E-state index in [4.69, 9.17) is 0 Å². The molecule has 1 aliphatic rings. The summed E-state index contributed by atoms with van der Waals surface area (Å²) in [6.45, 7) is 2.72. The van der Waals surface area contributed by atoms with Gasteiger partial charge in [0.05, 0.1) is 6.20 Å². The van der Waals surface area contributed by atoms with E-state index in [1.54, 1.807) is 17.9 Å². The molecule has 1 saturated heterocycles. The second-order valence-corrected chi connectivity index (χ2v) is 6.49. The van der Waals surface area contributed by atoms with E-state index in [9.17, 15) is 9.18 Å². The van der Waals surface area contributed by atoms with Crippen molar-refractivity contribution in [1.82, 2.24) is 20.0 Å². The zero-order valence-corrected chi connectivity index (χ0v) is 15.5. The van der Waals surface area contributed by atoms with Gasteiger partial charge in [-0.3, -0.25) is 9.48 Å². The van der Waals surface area contributed by atoms with Crippen LogP contribution in [0.3, 0.4) is 0 Å². The van der Waals surface area contributed by atoms with E-state index in [0.29, 0.717) is 6.54 Å². The van der Waals surface area contributed by atoms with Gasteiger partial charge in [-0.05, 0) is 38.1 Å². The Bertz CT molecular complexity index is 718. The highest BCUT2D eigenvalue weighted by Gasteiger charge is 2.36. The summed E-state index contributed by atoms with van der Waals surface area (Å²) >= 11 is 0. The summed E-state index contributed by atoms with van der Waals surface area (Å²) in [4.78, 5) is 14.9. The standard InChI is InChI=1S/C18H23FN4O.ClH/c1-12-8-14(13-4-6-16(19)7-5-13)11-23(12)18(24)17(20-2)15-9-21-22(3)10-15;/h4-7,9-10,12,14,17,20H,8,11H2,1-3H3;1H. The molecule has 1 fully saturated rings. The average Bonchev–Trinajstić information content (AvgIpc) is 3.15. The molecule has 0 saturated carbocycles. The number of aromatic nitrogens is 2. The average molecular weight is 367 g/mol. The van der Waals surface area contributed by atoms with Crippen LogP contribution in [0.5, 0.6) is 0 Å². The van der Waals surface area contributed by atoms with Gasteiger partial charge in [0.2, 0.25) is 5.91 Å². The third kappa shape index (κ3) is 4.02. The highest BCUT2D eigenvalue weighted by atomic mass is 35.5. The summed E-state index contributed by atoms with van der Waals surface area (Å²) in [5, 5.41) is 7.25. The maximum atomic E-state index is 13.1. The topological polar surface area (TPSA) is 50.2 Å². The van der Waals surface area contributed by atoms with Crippen molar-refractivity contribution in [3.63, 3.8) is 0 Å². The summed E-state index contributed by atoms with van der Waals surface area (Å²) in [5.41, 5.74) is 1.95. The fourth-order valence-corrected chi connectivity index (χ4v) is 3.50. The van der Waals surface area contributed by atoms with Crippen LogP contribution < -0.4 is 5.32 Å². The number of halogens is 2. The molecule has 136 valence electrons. The molecule has 0 bridgehead atoms. The Kier molecular flexibility index (Phi) is 6.19. The Balaban J connectivity index is 0.00000225. The lowest BCUT2D eigenvalue weighted by Crippen LogP contribution is -2.41. The number of nitrogens with one attached hydrogen (secondary N) is 1. The number of likely N-dealkylation sites (tertiary alicyclic amines) is 1. The molecule has 2 heterocycles. The highest BCUT2D eigenvalue weighted by Crippen LogP contribution is 2.33. The zero-order chi connectivity index (χ0) is 17.3. The molecule has 1 N–H and O–H groups in total. The Hall–Kier alpha value is -1.92. The Morgan fingerprint density at radius 3 is 2.60 bits per heavy atom. The van der Waals surface area contributed by atoms with Gasteiger partial charge in [-0.25, -0.2) is 4.39 Å². The minimum atomic E-state index is -0.395. The van der Waals surface area contributed by atoms with Crippen molar-refractivity contribution in [3.05, 3.63) is 53.6 Å². The van der Waals surface area contributed by atoms with E-state index in [-0.39, 0.29) is 36.1 Å².